The molecule has 0 saturated carbocycles. The molecule has 4 heteroatoms. The lowest BCUT2D eigenvalue weighted by Gasteiger charge is -2.11. The Balaban J connectivity index is 2.59. The molecule has 16 heavy (non-hydrogen) atoms. The van der Waals surface area contributed by atoms with Crippen LogP contribution in [0.3, 0.4) is 0 Å². The van der Waals surface area contributed by atoms with Gasteiger partial charge < -0.3 is 10.5 Å². The maximum absolute atomic E-state index is 11.4. The summed E-state index contributed by atoms with van der Waals surface area (Å²) in [5.74, 6) is 0.327. The lowest BCUT2D eigenvalue weighted by molar-refractivity contribution is 0.147. The first-order chi connectivity index (χ1) is 7.50. The Labute approximate surface area is 95.8 Å². The molecule has 0 aliphatic rings. The molecule has 0 atom stereocenters. The highest BCUT2D eigenvalue weighted by atomic mass is 16.5. The Morgan fingerprint density at radius 1 is 1.50 bits per heavy atom. The molecule has 0 heterocycles. The number of hydrogen-bond donors (Lipinski definition) is 2. The van der Waals surface area contributed by atoms with Crippen LogP contribution in [0, 0.1) is 12.8 Å². The zero-order valence-corrected chi connectivity index (χ0v) is 9.91. The minimum absolute atomic E-state index is 0.327. The second-order valence-electron chi connectivity index (χ2n) is 4.14. The summed E-state index contributed by atoms with van der Waals surface area (Å²) in [6, 6.07) is 5.38. The molecule has 1 aromatic rings. The van der Waals surface area contributed by atoms with Crippen molar-refractivity contribution in [2.45, 2.75) is 20.8 Å². The van der Waals surface area contributed by atoms with Crippen molar-refractivity contribution in [3.8, 4) is 0 Å². The molecule has 0 aliphatic carbocycles. The molecule has 1 rings (SSSR count). The van der Waals surface area contributed by atoms with E-state index < -0.39 is 6.09 Å². The van der Waals surface area contributed by atoms with Gasteiger partial charge in [-0.15, -0.1) is 0 Å². The van der Waals surface area contributed by atoms with Crippen LogP contribution in [0.25, 0.3) is 0 Å². The van der Waals surface area contributed by atoms with E-state index in [9.17, 15) is 4.79 Å². The van der Waals surface area contributed by atoms with E-state index in [0.29, 0.717) is 23.9 Å². The second kappa shape index (κ2) is 5.39. The average molecular weight is 222 g/mol. The predicted molar refractivity (Wildman–Crippen MR) is 65.4 cm³/mol. The SMILES string of the molecule is Cc1c(N)cccc1NC(=O)OCC(C)C. The standard InChI is InChI=1S/C12H18N2O2/c1-8(2)7-16-12(15)14-11-6-4-5-10(13)9(11)3/h4-6,8H,7,13H2,1-3H3,(H,14,15). The van der Waals surface area contributed by atoms with Crippen molar-refractivity contribution in [1.29, 1.82) is 0 Å². The summed E-state index contributed by atoms with van der Waals surface area (Å²) in [4.78, 5) is 11.4. The predicted octanol–water partition coefficient (Wildman–Crippen LogP) is 2.78. The van der Waals surface area contributed by atoms with E-state index in [1.165, 1.54) is 0 Å². The Kier molecular flexibility index (Phi) is 4.17. The van der Waals surface area contributed by atoms with Crippen LogP contribution < -0.4 is 11.1 Å². The number of carbonyl (C=O) groups is 1. The van der Waals surface area contributed by atoms with E-state index in [2.05, 4.69) is 5.32 Å². The molecular formula is C12H18N2O2. The van der Waals surface area contributed by atoms with Crippen molar-refractivity contribution >= 4 is 17.5 Å². The van der Waals surface area contributed by atoms with Crippen molar-refractivity contribution in [3.63, 3.8) is 0 Å². The number of benzene rings is 1. The normalized spacial score (nSPS) is 10.2. The van der Waals surface area contributed by atoms with Crippen LogP contribution in [0.4, 0.5) is 16.2 Å². The number of nitrogens with one attached hydrogen (secondary N) is 1. The zero-order valence-electron chi connectivity index (χ0n) is 9.91. The first kappa shape index (κ1) is 12.4. The maximum Gasteiger partial charge on any atom is 0.411 e. The second-order valence-corrected chi connectivity index (χ2v) is 4.14. The molecule has 3 N–H and O–H groups in total. The number of nitrogen functional groups attached to an aromatic ring is 1. The number of amides is 1. The Hall–Kier alpha value is -1.71. The third-order valence-electron chi connectivity index (χ3n) is 2.16. The first-order valence-electron chi connectivity index (χ1n) is 5.29. The van der Waals surface area contributed by atoms with Crippen molar-refractivity contribution < 1.29 is 9.53 Å². The Bertz CT molecular complexity index is 375. The molecule has 4 nitrogen and oxygen atoms in total. The van der Waals surface area contributed by atoms with Gasteiger partial charge in [-0.05, 0) is 30.5 Å². The number of rotatable bonds is 3. The molecule has 0 spiro atoms. The highest BCUT2D eigenvalue weighted by molar-refractivity contribution is 5.86. The van der Waals surface area contributed by atoms with Crippen LogP contribution in [0.5, 0.6) is 0 Å². The molecule has 0 radical (unpaired) electrons. The van der Waals surface area contributed by atoms with Gasteiger partial charge in [-0.3, -0.25) is 5.32 Å². The molecule has 1 amide bonds. The number of ether oxygens (including phenoxy) is 1. The monoisotopic (exact) mass is 222 g/mol. The molecule has 0 saturated heterocycles. The molecule has 0 aromatic heterocycles. The lowest BCUT2D eigenvalue weighted by Crippen LogP contribution is -2.17. The minimum atomic E-state index is -0.442. The quantitative estimate of drug-likeness (QED) is 0.773. The van der Waals surface area contributed by atoms with E-state index >= 15 is 0 Å². The maximum atomic E-state index is 11.4. The van der Waals surface area contributed by atoms with Gasteiger partial charge in [0, 0.05) is 11.4 Å². The van der Waals surface area contributed by atoms with Gasteiger partial charge in [0.2, 0.25) is 0 Å². The summed E-state index contributed by atoms with van der Waals surface area (Å²) < 4.78 is 5.01. The first-order valence-corrected chi connectivity index (χ1v) is 5.29. The molecule has 0 bridgehead atoms. The van der Waals surface area contributed by atoms with Crippen LogP contribution in [-0.2, 0) is 4.74 Å². The van der Waals surface area contributed by atoms with Gasteiger partial charge in [-0.1, -0.05) is 19.9 Å². The van der Waals surface area contributed by atoms with Gasteiger partial charge in [0.05, 0.1) is 6.61 Å². The number of nitrogens with two attached hydrogens (primary N) is 1. The van der Waals surface area contributed by atoms with Crippen molar-refractivity contribution in [3.05, 3.63) is 23.8 Å². The summed E-state index contributed by atoms with van der Waals surface area (Å²) in [5.41, 5.74) is 7.92. The summed E-state index contributed by atoms with van der Waals surface area (Å²) >= 11 is 0. The van der Waals surface area contributed by atoms with E-state index in [1.54, 1.807) is 18.2 Å². The van der Waals surface area contributed by atoms with Gasteiger partial charge in [-0.25, -0.2) is 4.79 Å². The van der Waals surface area contributed by atoms with Crippen LogP contribution in [0.15, 0.2) is 18.2 Å². The van der Waals surface area contributed by atoms with Crippen LogP contribution in [0.1, 0.15) is 19.4 Å². The van der Waals surface area contributed by atoms with Crippen molar-refractivity contribution in [2.75, 3.05) is 17.7 Å². The van der Waals surface area contributed by atoms with E-state index in [-0.39, 0.29) is 0 Å². The average Bonchev–Trinajstić information content (AvgIpc) is 2.22. The van der Waals surface area contributed by atoms with Gasteiger partial charge in [0.15, 0.2) is 0 Å². The van der Waals surface area contributed by atoms with Gasteiger partial charge >= 0.3 is 6.09 Å². The minimum Gasteiger partial charge on any atom is -0.449 e. The molecule has 0 fully saturated rings. The zero-order chi connectivity index (χ0) is 12.1. The van der Waals surface area contributed by atoms with Crippen LogP contribution >= 0.6 is 0 Å². The summed E-state index contributed by atoms with van der Waals surface area (Å²) in [5, 5.41) is 2.67. The number of anilines is 2. The third kappa shape index (κ3) is 3.46. The Morgan fingerprint density at radius 2 is 2.19 bits per heavy atom. The number of carbonyl (C=O) groups excluding carboxylic acids is 1. The molecule has 1 aromatic carbocycles. The Morgan fingerprint density at radius 3 is 2.81 bits per heavy atom. The summed E-state index contributed by atoms with van der Waals surface area (Å²) in [6.45, 7) is 6.23. The van der Waals surface area contributed by atoms with Crippen molar-refractivity contribution in [1.82, 2.24) is 0 Å². The molecule has 0 unspecified atom stereocenters. The molecular weight excluding hydrogens is 204 g/mol. The molecule has 88 valence electrons. The smallest absolute Gasteiger partial charge is 0.411 e. The van der Waals surface area contributed by atoms with E-state index in [0.717, 1.165) is 5.56 Å². The third-order valence-corrected chi connectivity index (χ3v) is 2.16. The van der Waals surface area contributed by atoms with Crippen LogP contribution in [0.2, 0.25) is 0 Å². The van der Waals surface area contributed by atoms with Gasteiger partial charge in [0.1, 0.15) is 0 Å². The van der Waals surface area contributed by atoms with Crippen LogP contribution in [-0.4, -0.2) is 12.7 Å². The molecule has 0 aliphatic heterocycles. The summed E-state index contributed by atoms with van der Waals surface area (Å²) in [6.07, 6.45) is -0.442. The largest absolute Gasteiger partial charge is 0.449 e. The van der Waals surface area contributed by atoms with E-state index in [4.69, 9.17) is 10.5 Å². The highest BCUT2D eigenvalue weighted by Gasteiger charge is 2.07. The highest BCUT2D eigenvalue weighted by Crippen LogP contribution is 2.20. The van der Waals surface area contributed by atoms with Crippen molar-refractivity contribution in [2.24, 2.45) is 5.92 Å². The van der Waals surface area contributed by atoms with Gasteiger partial charge in [0.25, 0.3) is 0 Å². The topological polar surface area (TPSA) is 64.3 Å². The number of hydrogen-bond acceptors (Lipinski definition) is 3. The fraction of sp³-hybridized carbons (Fsp3) is 0.417. The fourth-order valence-corrected chi connectivity index (χ4v) is 1.18. The fourth-order valence-electron chi connectivity index (χ4n) is 1.18. The summed E-state index contributed by atoms with van der Waals surface area (Å²) in [7, 11) is 0. The van der Waals surface area contributed by atoms with E-state index in [1.807, 2.05) is 20.8 Å². The van der Waals surface area contributed by atoms with Gasteiger partial charge in [-0.2, -0.15) is 0 Å². The lowest BCUT2D eigenvalue weighted by atomic mass is 10.1.